The van der Waals surface area contributed by atoms with E-state index in [1.807, 2.05) is 0 Å². The van der Waals surface area contributed by atoms with Crippen LogP contribution in [0.1, 0.15) is 5.56 Å². The van der Waals surface area contributed by atoms with Gasteiger partial charge in [-0.1, -0.05) is 6.07 Å². The van der Waals surface area contributed by atoms with Gasteiger partial charge in [0, 0.05) is 6.20 Å². The quantitative estimate of drug-likeness (QED) is 0.726. The third kappa shape index (κ3) is 1.76. The van der Waals surface area contributed by atoms with Crippen LogP contribution in [0.3, 0.4) is 0 Å². The molecule has 96 valence electrons. The summed E-state index contributed by atoms with van der Waals surface area (Å²) in [6, 6.07) is 4.99. The van der Waals surface area contributed by atoms with Crippen LogP contribution in [0.25, 0.3) is 0 Å². The number of carboxylic acid groups (broad SMARTS) is 1. The Bertz CT molecular complexity index is 501. The lowest BCUT2D eigenvalue weighted by Gasteiger charge is -2.23. The molecule has 1 aromatic rings. The molecule has 0 saturated heterocycles. The maximum Gasteiger partial charge on any atom is 0.334 e. The van der Waals surface area contributed by atoms with Crippen molar-refractivity contribution in [1.29, 1.82) is 0 Å². The van der Waals surface area contributed by atoms with Crippen molar-refractivity contribution in [3.05, 3.63) is 36.0 Å². The number of methoxy groups -OCH3 is 2. The van der Waals surface area contributed by atoms with E-state index in [4.69, 9.17) is 9.47 Å². The zero-order valence-electron chi connectivity index (χ0n) is 10.1. The number of hydrogen-bond acceptors (Lipinski definition) is 5. The van der Waals surface area contributed by atoms with Crippen LogP contribution in [0.5, 0.6) is 11.5 Å². The summed E-state index contributed by atoms with van der Waals surface area (Å²) in [6.45, 7) is 0. The van der Waals surface area contributed by atoms with Crippen LogP contribution in [0.15, 0.2) is 30.5 Å². The van der Waals surface area contributed by atoms with Gasteiger partial charge in [-0.15, -0.1) is 0 Å². The number of carbonyl (C=O) groups is 1. The van der Waals surface area contributed by atoms with E-state index in [9.17, 15) is 9.90 Å². The third-order valence-electron chi connectivity index (χ3n) is 2.86. The van der Waals surface area contributed by atoms with Gasteiger partial charge in [-0.3, -0.25) is 0 Å². The highest BCUT2D eigenvalue weighted by Crippen LogP contribution is 2.33. The molecule has 0 aliphatic carbocycles. The van der Waals surface area contributed by atoms with Gasteiger partial charge in [0.2, 0.25) is 0 Å². The zero-order chi connectivity index (χ0) is 13.2. The molecule has 0 bridgehead atoms. The van der Waals surface area contributed by atoms with Gasteiger partial charge in [-0.05, 0) is 23.8 Å². The normalized spacial score (nSPS) is 21.4. The van der Waals surface area contributed by atoms with E-state index in [1.165, 1.54) is 20.3 Å². The molecular weight excluding hydrogens is 236 g/mol. The molecule has 6 nitrogen and oxygen atoms in total. The number of rotatable bonds is 4. The Morgan fingerprint density at radius 2 is 2.00 bits per heavy atom. The van der Waals surface area contributed by atoms with Crippen LogP contribution in [-0.2, 0) is 10.3 Å². The van der Waals surface area contributed by atoms with Crippen LogP contribution in [0.4, 0.5) is 0 Å². The summed E-state index contributed by atoms with van der Waals surface area (Å²) in [7, 11) is 3.03. The molecule has 1 atom stereocenters. The molecule has 0 amide bonds. The van der Waals surface area contributed by atoms with E-state index >= 15 is 0 Å². The highest BCUT2D eigenvalue weighted by molar-refractivity contribution is 5.84. The predicted molar refractivity (Wildman–Crippen MR) is 64.3 cm³/mol. The Morgan fingerprint density at radius 3 is 2.50 bits per heavy atom. The summed E-state index contributed by atoms with van der Waals surface area (Å²) in [5.74, 6) is 0.0328. The Labute approximate surface area is 104 Å². The minimum absolute atomic E-state index is 0.484. The first-order valence-corrected chi connectivity index (χ1v) is 5.30. The van der Waals surface area contributed by atoms with Crippen molar-refractivity contribution in [2.45, 2.75) is 5.54 Å². The van der Waals surface area contributed by atoms with Crippen molar-refractivity contribution in [2.24, 2.45) is 0 Å². The van der Waals surface area contributed by atoms with E-state index in [-0.39, 0.29) is 0 Å². The smallest absolute Gasteiger partial charge is 0.334 e. The first-order valence-electron chi connectivity index (χ1n) is 5.30. The fourth-order valence-electron chi connectivity index (χ4n) is 1.86. The van der Waals surface area contributed by atoms with Crippen LogP contribution < -0.4 is 20.3 Å². The second-order valence-corrected chi connectivity index (χ2v) is 3.79. The van der Waals surface area contributed by atoms with Crippen molar-refractivity contribution in [3.8, 4) is 11.5 Å². The molecule has 1 heterocycles. The summed E-state index contributed by atoms with van der Waals surface area (Å²) < 4.78 is 10.3. The summed E-state index contributed by atoms with van der Waals surface area (Å²) in [6.07, 6.45) is 3.08. The standard InChI is InChI=1S/C12H14N2O4/c1-17-9-4-3-8(7-10(9)18-2)12(11(15)16)5-6-13-14-12/h3-7,13-14H,1-2H3,(H,15,16). The van der Waals surface area contributed by atoms with Gasteiger partial charge in [-0.2, -0.15) is 0 Å². The fourth-order valence-corrected chi connectivity index (χ4v) is 1.86. The van der Waals surface area contributed by atoms with Gasteiger partial charge < -0.3 is 20.0 Å². The largest absolute Gasteiger partial charge is 0.493 e. The van der Waals surface area contributed by atoms with Crippen molar-refractivity contribution in [3.63, 3.8) is 0 Å². The zero-order valence-corrected chi connectivity index (χ0v) is 10.1. The number of nitrogens with one attached hydrogen (secondary N) is 2. The van der Waals surface area contributed by atoms with Gasteiger partial charge in [0.15, 0.2) is 17.0 Å². The second kappa shape index (κ2) is 4.58. The van der Waals surface area contributed by atoms with Crippen LogP contribution in [-0.4, -0.2) is 25.3 Å². The molecule has 0 fully saturated rings. The molecular formula is C12H14N2O4. The fraction of sp³-hybridized carbons (Fsp3) is 0.250. The Morgan fingerprint density at radius 1 is 1.28 bits per heavy atom. The average Bonchev–Trinajstić information content (AvgIpc) is 2.88. The van der Waals surface area contributed by atoms with E-state index < -0.39 is 11.5 Å². The van der Waals surface area contributed by atoms with Crippen molar-refractivity contribution >= 4 is 5.97 Å². The number of aliphatic carboxylic acids is 1. The molecule has 18 heavy (non-hydrogen) atoms. The van der Waals surface area contributed by atoms with Crippen molar-refractivity contribution in [2.75, 3.05) is 14.2 Å². The highest BCUT2D eigenvalue weighted by Gasteiger charge is 2.40. The number of hydrogen-bond donors (Lipinski definition) is 3. The first kappa shape index (κ1) is 12.3. The second-order valence-electron chi connectivity index (χ2n) is 3.79. The average molecular weight is 250 g/mol. The lowest BCUT2D eigenvalue weighted by Crippen LogP contribution is -2.48. The molecule has 2 rings (SSSR count). The molecule has 6 heteroatoms. The highest BCUT2D eigenvalue weighted by atomic mass is 16.5. The summed E-state index contributed by atoms with van der Waals surface area (Å²) in [5, 5.41) is 9.38. The summed E-state index contributed by atoms with van der Waals surface area (Å²) in [4.78, 5) is 11.5. The molecule has 1 aliphatic rings. The monoisotopic (exact) mass is 250 g/mol. The Balaban J connectivity index is 2.50. The van der Waals surface area contributed by atoms with Gasteiger partial charge in [0.1, 0.15) is 0 Å². The lowest BCUT2D eigenvalue weighted by atomic mass is 9.91. The molecule has 0 saturated carbocycles. The van der Waals surface area contributed by atoms with Gasteiger partial charge >= 0.3 is 5.97 Å². The molecule has 3 N–H and O–H groups in total. The number of ether oxygens (including phenoxy) is 2. The SMILES string of the molecule is COc1ccc(C2(C(=O)O)C=CNN2)cc1OC. The number of benzene rings is 1. The van der Waals surface area contributed by atoms with Gasteiger partial charge in [-0.25, -0.2) is 10.2 Å². The van der Waals surface area contributed by atoms with Gasteiger partial charge in [0.25, 0.3) is 0 Å². The molecule has 0 spiro atoms. The first-order chi connectivity index (χ1) is 8.64. The lowest BCUT2D eigenvalue weighted by molar-refractivity contribution is -0.143. The Kier molecular flexibility index (Phi) is 3.12. The maximum atomic E-state index is 11.5. The predicted octanol–water partition coefficient (Wildman–Crippen LogP) is 0.605. The molecule has 0 radical (unpaired) electrons. The maximum absolute atomic E-state index is 11.5. The summed E-state index contributed by atoms with van der Waals surface area (Å²) >= 11 is 0. The third-order valence-corrected chi connectivity index (χ3v) is 2.86. The van der Waals surface area contributed by atoms with E-state index in [1.54, 1.807) is 24.4 Å². The Hall–Kier alpha value is -2.21. The van der Waals surface area contributed by atoms with Crippen molar-refractivity contribution in [1.82, 2.24) is 10.9 Å². The topological polar surface area (TPSA) is 79.8 Å². The molecule has 1 unspecified atom stereocenters. The van der Waals surface area contributed by atoms with E-state index in [0.717, 1.165) is 0 Å². The van der Waals surface area contributed by atoms with Crippen LogP contribution in [0, 0.1) is 0 Å². The van der Waals surface area contributed by atoms with Crippen molar-refractivity contribution < 1.29 is 19.4 Å². The number of carboxylic acids is 1. The summed E-state index contributed by atoms with van der Waals surface area (Å²) in [5.41, 5.74) is 4.65. The molecule has 0 aromatic heterocycles. The van der Waals surface area contributed by atoms with E-state index in [2.05, 4.69) is 10.9 Å². The molecule has 1 aliphatic heterocycles. The number of hydrazine groups is 1. The van der Waals surface area contributed by atoms with Gasteiger partial charge in [0.05, 0.1) is 14.2 Å². The minimum Gasteiger partial charge on any atom is -0.493 e. The molecule has 1 aromatic carbocycles. The van der Waals surface area contributed by atoms with Crippen LogP contribution >= 0.6 is 0 Å². The van der Waals surface area contributed by atoms with Crippen LogP contribution in [0.2, 0.25) is 0 Å². The van der Waals surface area contributed by atoms with E-state index in [0.29, 0.717) is 17.1 Å². The minimum atomic E-state index is -1.29.